The fourth-order valence-electron chi connectivity index (χ4n) is 5.90. The molecule has 0 N–H and O–H groups in total. The van der Waals surface area contributed by atoms with E-state index in [1.165, 1.54) is 82.1 Å². The summed E-state index contributed by atoms with van der Waals surface area (Å²) >= 11 is 1.65. The van der Waals surface area contributed by atoms with Gasteiger partial charge in [0.05, 0.1) is 17.8 Å². The van der Waals surface area contributed by atoms with E-state index >= 15 is 0 Å². The third kappa shape index (κ3) is 3.31. The molecule has 4 aliphatic rings. The van der Waals surface area contributed by atoms with E-state index in [4.69, 9.17) is 0 Å². The second-order valence-electron chi connectivity index (χ2n) is 8.74. The van der Waals surface area contributed by atoms with E-state index in [2.05, 4.69) is 37.9 Å². The summed E-state index contributed by atoms with van der Waals surface area (Å²) in [5, 5.41) is 0. The van der Waals surface area contributed by atoms with Crippen molar-refractivity contribution in [3.8, 4) is 0 Å². The summed E-state index contributed by atoms with van der Waals surface area (Å²) in [6, 6.07) is 10.2. The molecule has 3 atom stereocenters. The molecular formula is C22H31N3S. The van der Waals surface area contributed by atoms with Gasteiger partial charge in [-0.3, -0.25) is 4.31 Å². The first kappa shape index (κ1) is 17.1. The zero-order chi connectivity index (χ0) is 17.3. The first-order valence-corrected chi connectivity index (χ1v) is 11.4. The molecular weight excluding hydrogens is 338 g/mol. The third-order valence-electron chi connectivity index (χ3n) is 7.36. The van der Waals surface area contributed by atoms with Crippen LogP contribution in [-0.4, -0.2) is 36.3 Å². The molecule has 0 amide bonds. The first-order chi connectivity index (χ1) is 12.9. The van der Waals surface area contributed by atoms with Gasteiger partial charge in [-0.25, -0.2) is 4.40 Å². The second kappa shape index (κ2) is 7.55. The van der Waals surface area contributed by atoms with Crippen molar-refractivity contribution in [2.45, 2.75) is 69.9 Å². The average molecular weight is 370 g/mol. The Morgan fingerprint density at radius 3 is 2.54 bits per heavy atom. The van der Waals surface area contributed by atoms with E-state index in [-0.39, 0.29) is 0 Å². The lowest BCUT2D eigenvalue weighted by molar-refractivity contribution is 0.0599. The number of rotatable bonds is 2. The highest BCUT2D eigenvalue weighted by molar-refractivity contribution is 7.99. The fourth-order valence-corrected chi connectivity index (χ4v) is 6.76. The lowest BCUT2D eigenvalue weighted by Crippen LogP contribution is -2.49. The summed E-state index contributed by atoms with van der Waals surface area (Å²) < 4.78 is 7.01. The molecule has 2 saturated carbocycles. The molecule has 3 unspecified atom stereocenters. The van der Waals surface area contributed by atoms with Gasteiger partial charge in [-0.2, -0.15) is 0 Å². The van der Waals surface area contributed by atoms with Gasteiger partial charge in [-0.15, -0.1) is 0 Å². The minimum Gasteiger partial charge on any atom is -0.300 e. The van der Waals surface area contributed by atoms with Gasteiger partial charge < -0.3 is 4.90 Å². The average Bonchev–Trinajstić information content (AvgIpc) is 2.73. The maximum Gasteiger partial charge on any atom is 0.0932 e. The Labute approximate surface area is 162 Å². The monoisotopic (exact) mass is 369 g/mol. The Morgan fingerprint density at radius 2 is 1.65 bits per heavy atom. The molecule has 4 heteroatoms. The Kier molecular flexibility index (Phi) is 4.97. The van der Waals surface area contributed by atoms with E-state index in [1.807, 2.05) is 6.21 Å². The molecule has 2 aliphatic heterocycles. The minimum absolute atomic E-state index is 0.626. The Morgan fingerprint density at radius 1 is 0.846 bits per heavy atom. The standard InChI is InChI=1S/C22H31N3S/c1-2-6-18-15-21(10-9-17(18)5-1)24-13-11-20(12-14-24)25-22-8-4-3-7-19(22)16-23-26-25/h3-4,7-8,16-18,20-21H,1-2,5-6,9-15H2. The van der Waals surface area contributed by atoms with E-state index in [1.54, 1.807) is 12.1 Å². The van der Waals surface area contributed by atoms with Crippen molar-refractivity contribution in [1.82, 2.24) is 4.90 Å². The summed E-state index contributed by atoms with van der Waals surface area (Å²) in [6.45, 7) is 2.55. The Hall–Kier alpha value is -1.00. The van der Waals surface area contributed by atoms with Crippen LogP contribution in [0.2, 0.25) is 0 Å². The normalized spacial score (nSPS) is 32.9. The van der Waals surface area contributed by atoms with Crippen LogP contribution in [0.15, 0.2) is 28.7 Å². The highest BCUT2D eigenvalue weighted by atomic mass is 32.2. The number of hydrogen-bond acceptors (Lipinski definition) is 4. The third-order valence-corrected chi connectivity index (χ3v) is 8.23. The van der Waals surface area contributed by atoms with Crippen LogP contribution in [0.1, 0.15) is 63.4 Å². The number of benzene rings is 1. The molecule has 0 aromatic heterocycles. The number of fused-ring (bicyclic) bond motifs is 2. The van der Waals surface area contributed by atoms with Crippen molar-refractivity contribution in [2.24, 2.45) is 16.2 Å². The number of piperidine rings is 1. The molecule has 3 nitrogen and oxygen atoms in total. The van der Waals surface area contributed by atoms with Gasteiger partial charge in [0.1, 0.15) is 0 Å². The van der Waals surface area contributed by atoms with E-state index in [9.17, 15) is 0 Å². The largest absolute Gasteiger partial charge is 0.300 e. The molecule has 140 valence electrons. The van der Waals surface area contributed by atoms with E-state index < -0.39 is 0 Å². The SMILES string of the molecule is C1=NSN(C2CCN(C3CCC4CCCCC4C3)CC2)c2ccccc21. The molecule has 3 fully saturated rings. The molecule has 0 spiro atoms. The van der Waals surface area contributed by atoms with Crippen LogP contribution in [0.25, 0.3) is 0 Å². The van der Waals surface area contributed by atoms with Crippen molar-refractivity contribution in [1.29, 1.82) is 0 Å². The number of hydrogen-bond donors (Lipinski definition) is 0. The Balaban J connectivity index is 1.20. The van der Waals surface area contributed by atoms with Gasteiger partial charge in [-0.05, 0) is 50.0 Å². The van der Waals surface area contributed by atoms with Crippen molar-refractivity contribution in [3.63, 3.8) is 0 Å². The number of nitrogens with zero attached hydrogens (tertiary/aromatic N) is 3. The van der Waals surface area contributed by atoms with Crippen molar-refractivity contribution in [3.05, 3.63) is 29.8 Å². The van der Waals surface area contributed by atoms with Crippen LogP contribution < -0.4 is 4.31 Å². The topological polar surface area (TPSA) is 18.8 Å². The smallest absolute Gasteiger partial charge is 0.0932 e. The molecule has 5 rings (SSSR count). The van der Waals surface area contributed by atoms with E-state index in [0.717, 1.165) is 17.9 Å². The fraction of sp³-hybridized carbons (Fsp3) is 0.682. The maximum absolute atomic E-state index is 4.53. The molecule has 0 radical (unpaired) electrons. The van der Waals surface area contributed by atoms with E-state index in [0.29, 0.717) is 6.04 Å². The molecule has 1 aromatic rings. The lowest BCUT2D eigenvalue weighted by atomic mass is 9.69. The lowest BCUT2D eigenvalue weighted by Gasteiger charge is -2.46. The number of likely N-dealkylation sites (tertiary alicyclic amines) is 1. The van der Waals surface area contributed by atoms with Crippen LogP contribution in [0.3, 0.4) is 0 Å². The summed E-state index contributed by atoms with van der Waals surface area (Å²) in [5.41, 5.74) is 2.62. The summed E-state index contributed by atoms with van der Waals surface area (Å²) in [5.74, 6) is 2.11. The van der Waals surface area contributed by atoms with Gasteiger partial charge in [-0.1, -0.05) is 43.9 Å². The minimum atomic E-state index is 0.626. The van der Waals surface area contributed by atoms with Crippen LogP contribution in [0, 0.1) is 11.8 Å². The van der Waals surface area contributed by atoms with Gasteiger partial charge in [0, 0.05) is 37.0 Å². The summed E-state index contributed by atoms with van der Waals surface area (Å²) in [7, 11) is 0. The quantitative estimate of drug-likeness (QED) is 0.658. The number of para-hydroxylation sites is 1. The van der Waals surface area contributed by atoms with Gasteiger partial charge in [0.15, 0.2) is 0 Å². The Bertz CT molecular complexity index is 653. The van der Waals surface area contributed by atoms with Crippen LogP contribution in [-0.2, 0) is 0 Å². The zero-order valence-corrected chi connectivity index (χ0v) is 16.5. The molecule has 1 saturated heterocycles. The summed E-state index contributed by atoms with van der Waals surface area (Å²) in [6.07, 6.45) is 15.0. The van der Waals surface area contributed by atoms with Gasteiger partial charge in [0.2, 0.25) is 0 Å². The molecule has 26 heavy (non-hydrogen) atoms. The number of anilines is 1. The van der Waals surface area contributed by atoms with Gasteiger partial charge >= 0.3 is 0 Å². The van der Waals surface area contributed by atoms with Gasteiger partial charge in [0.25, 0.3) is 0 Å². The van der Waals surface area contributed by atoms with Crippen LogP contribution in [0.4, 0.5) is 5.69 Å². The molecule has 2 aliphatic carbocycles. The van der Waals surface area contributed by atoms with Crippen molar-refractivity contribution in [2.75, 3.05) is 17.4 Å². The molecule has 0 bridgehead atoms. The second-order valence-corrected chi connectivity index (χ2v) is 9.51. The highest BCUT2D eigenvalue weighted by Gasteiger charge is 2.36. The highest BCUT2D eigenvalue weighted by Crippen LogP contribution is 2.43. The van der Waals surface area contributed by atoms with Crippen molar-refractivity contribution >= 4 is 24.0 Å². The first-order valence-electron chi connectivity index (χ1n) is 10.7. The predicted molar refractivity (Wildman–Crippen MR) is 112 cm³/mol. The van der Waals surface area contributed by atoms with Crippen molar-refractivity contribution < 1.29 is 0 Å². The van der Waals surface area contributed by atoms with Crippen LogP contribution >= 0.6 is 12.1 Å². The predicted octanol–water partition coefficient (Wildman–Crippen LogP) is 5.31. The zero-order valence-electron chi connectivity index (χ0n) is 15.7. The molecule has 2 heterocycles. The maximum atomic E-state index is 4.53. The van der Waals surface area contributed by atoms with Crippen LogP contribution in [0.5, 0.6) is 0 Å². The molecule has 1 aromatic carbocycles. The summed E-state index contributed by atoms with van der Waals surface area (Å²) in [4.78, 5) is 2.84.